The summed E-state index contributed by atoms with van der Waals surface area (Å²) in [6, 6.07) is 0. The van der Waals surface area contributed by atoms with Crippen LogP contribution in [0.4, 0.5) is 0 Å². The smallest absolute Gasteiger partial charge is 0.0684 e. The lowest BCUT2D eigenvalue weighted by Crippen LogP contribution is -2.42. The van der Waals surface area contributed by atoms with Gasteiger partial charge in [-0.05, 0) is 76.2 Å². The van der Waals surface area contributed by atoms with E-state index >= 15 is 0 Å². The first-order valence-electron chi connectivity index (χ1n) is 8.81. The number of nitrogens with two attached hydrogens (primary N) is 1. The van der Waals surface area contributed by atoms with Gasteiger partial charge in [0.1, 0.15) is 0 Å². The lowest BCUT2D eigenvalue weighted by Gasteiger charge is -2.37. The Hall–Kier alpha value is -0.340. The fourth-order valence-electron chi connectivity index (χ4n) is 4.05. The Morgan fingerprint density at radius 1 is 1.09 bits per heavy atom. The first-order chi connectivity index (χ1) is 9.70. The molecule has 0 saturated heterocycles. The summed E-state index contributed by atoms with van der Waals surface area (Å²) >= 11 is 0. The van der Waals surface area contributed by atoms with Crippen molar-refractivity contribution in [3.05, 3.63) is 11.6 Å². The molecule has 0 radical (unpaired) electrons. The molecule has 1 aliphatic carbocycles. The fourth-order valence-corrected chi connectivity index (χ4v) is 4.05. The molecule has 0 spiro atoms. The average molecular weight is 310 g/mol. The number of allylic oxidation sites excluding steroid dienone is 1. The third kappa shape index (κ3) is 7.78. The van der Waals surface area contributed by atoms with Gasteiger partial charge in [-0.2, -0.15) is 0 Å². The minimum atomic E-state index is -0.192. The van der Waals surface area contributed by atoms with Crippen molar-refractivity contribution in [2.24, 2.45) is 16.6 Å². The van der Waals surface area contributed by atoms with Crippen LogP contribution in [0.15, 0.2) is 11.6 Å². The molecule has 0 aromatic rings. The Labute approximate surface area is 138 Å². The van der Waals surface area contributed by atoms with Crippen LogP contribution in [0.2, 0.25) is 0 Å². The highest BCUT2D eigenvalue weighted by atomic mass is 16.5. The van der Waals surface area contributed by atoms with E-state index in [1.54, 1.807) is 0 Å². The molecule has 0 unspecified atom stereocenters. The summed E-state index contributed by atoms with van der Waals surface area (Å²) in [5.74, 6) is 0. The second-order valence-corrected chi connectivity index (χ2v) is 10.3. The Kier molecular flexibility index (Phi) is 5.95. The summed E-state index contributed by atoms with van der Waals surface area (Å²) in [4.78, 5) is 0. The van der Waals surface area contributed by atoms with Crippen molar-refractivity contribution in [3.63, 3.8) is 0 Å². The molecule has 0 bridgehead atoms. The fraction of sp³-hybridized carbons (Fsp3) is 0.900. The first-order valence-corrected chi connectivity index (χ1v) is 8.81. The lowest BCUT2D eigenvalue weighted by atomic mass is 9.69. The molecule has 1 rings (SSSR count). The topological polar surface area (TPSA) is 35.2 Å². The molecule has 0 fully saturated rings. The zero-order valence-electron chi connectivity index (χ0n) is 16.3. The van der Waals surface area contributed by atoms with Crippen molar-refractivity contribution in [2.75, 3.05) is 6.61 Å². The van der Waals surface area contributed by atoms with Crippen LogP contribution in [-0.4, -0.2) is 17.7 Å². The third-order valence-electron chi connectivity index (χ3n) is 4.55. The summed E-state index contributed by atoms with van der Waals surface area (Å²) in [5.41, 5.74) is 8.04. The molecule has 2 nitrogen and oxygen atoms in total. The van der Waals surface area contributed by atoms with Crippen LogP contribution in [0.1, 0.15) is 87.5 Å². The zero-order valence-corrected chi connectivity index (χ0v) is 16.3. The Balaban J connectivity index is 2.68. The van der Waals surface area contributed by atoms with Crippen molar-refractivity contribution in [1.82, 2.24) is 0 Å². The minimum Gasteiger partial charge on any atom is -0.371 e. The monoisotopic (exact) mass is 309 g/mol. The Morgan fingerprint density at radius 2 is 1.68 bits per heavy atom. The molecule has 2 heteroatoms. The van der Waals surface area contributed by atoms with Crippen LogP contribution < -0.4 is 5.73 Å². The van der Waals surface area contributed by atoms with Crippen LogP contribution in [-0.2, 0) is 4.74 Å². The van der Waals surface area contributed by atoms with Gasteiger partial charge in [-0.15, -0.1) is 0 Å². The molecule has 0 heterocycles. The maximum Gasteiger partial charge on any atom is 0.0684 e. The van der Waals surface area contributed by atoms with Gasteiger partial charge in [0.15, 0.2) is 0 Å². The summed E-state index contributed by atoms with van der Waals surface area (Å²) < 4.78 is 6.23. The highest BCUT2D eigenvalue weighted by Gasteiger charge is 2.31. The Morgan fingerprint density at radius 3 is 2.23 bits per heavy atom. The van der Waals surface area contributed by atoms with E-state index in [4.69, 9.17) is 10.5 Å². The molecule has 0 aliphatic heterocycles. The van der Waals surface area contributed by atoms with Crippen LogP contribution >= 0.6 is 0 Å². The van der Waals surface area contributed by atoms with E-state index in [1.807, 2.05) is 0 Å². The largest absolute Gasteiger partial charge is 0.371 e. The van der Waals surface area contributed by atoms with Gasteiger partial charge in [0.25, 0.3) is 0 Å². The normalized spacial score (nSPS) is 25.0. The molecule has 0 amide bonds. The van der Waals surface area contributed by atoms with Crippen LogP contribution in [0.5, 0.6) is 0 Å². The molecular weight excluding hydrogens is 270 g/mol. The number of hydrogen-bond donors (Lipinski definition) is 1. The molecule has 0 aromatic carbocycles. The predicted molar refractivity (Wildman–Crippen MR) is 97.0 cm³/mol. The van der Waals surface area contributed by atoms with Gasteiger partial charge in [-0.3, -0.25) is 0 Å². The average Bonchev–Trinajstić information content (AvgIpc) is 2.21. The van der Waals surface area contributed by atoms with Gasteiger partial charge >= 0.3 is 0 Å². The molecule has 0 saturated carbocycles. The number of hydrogen-bond acceptors (Lipinski definition) is 2. The maximum absolute atomic E-state index is 6.23. The van der Waals surface area contributed by atoms with Crippen LogP contribution in [0, 0.1) is 10.8 Å². The second kappa shape index (κ2) is 6.65. The molecule has 1 aliphatic rings. The standard InChI is InChI=1S/C20H39NO/c1-17(2)11-9-16(10-12-18(3,4)14-17)13-22-20(7,8)15-19(5,6)21/h9H,10-15,21H2,1-8H3/b16-9+. The molecule has 130 valence electrons. The van der Waals surface area contributed by atoms with Crippen LogP contribution in [0.25, 0.3) is 0 Å². The molecule has 2 N–H and O–H groups in total. The van der Waals surface area contributed by atoms with Crippen molar-refractivity contribution >= 4 is 0 Å². The maximum atomic E-state index is 6.23. The van der Waals surface area contributed by atoms with Crippen LogP contribution in [0.3, 0.4) is 0 Å². The van der Waals surface area contributed by atoms with E-state index in [-0.39, 0.29) is 11.1 Å². The van der Waals surface area contributed by atoms with Crippen molar-refractivity contribution < 1.29 is 4.74 Å². The first kappa shape index (κ1) is 19.7. The summed E-state index contributed by atoms with van der Waals surface area (Å²) in [6.07, 6.45) is 8.14. The predicted octanol–water partition coefficient (Wildman–Crippen LogP) is 5.46. The van der Waals surface area contributed by atoms with E-state index in [1.165, 1.54) is 18.4 Å². The van der Waals surface area contributed by atoms with Gasteiger partial charge in [-0.1, -0.05) is 33.8 Å². The van der Waals surface area contributed by atoms with Crippen molar-refractivity contribution in [3.8, 4) is 0 Å². The van der Waals surface area contributed by atoms with E-state index in [2.05, 4.69) is 61.5 Å². The van der Waals surface area contributed by atoms with E-state index in [9.17, 15) is 0 Å². The highest BCUT2D eigenvalue weighted by molar-refractivity contribution is 5.07. The second-order valence-electron chi connectivity index (χ2n) is 10.3. The summed E-state index contributed by atoms with van der Waals surface area (Å²) in [7, 11) is 0. The van der Waals surface area contributed by atoms with Crippen molar-refractivity contribution in [2.45, 2.75) is 98.6 Å². The Bertz CT molecular complexity index is 396. The molecular formula is C20H39NO. The van der Waals surface area contributed by atoms with Crippen molar-refractivity contribution in [1.29, 1.82) is 0 Å². The minimum absolute atomic E-state index is 0.174. The van der Waals surface area contributed by atoms with Gasteiger partial charge in [0.2, 0.25) is 0 Å². The molecule has 0 atom stereocenters. The number of rotatable bonds is 5. The number of ether oxygens (including phenoxy) is 1. The van der Waals surface area contributed by atoms with E-state index in [0.717, 1.165) is 25.9 Å². The van der Waals surface area contributed by atoms with E-state index in [0.29, 0.717) is 10.8 Å². The lowest BCUT2D eigenvalue weighted by molar-refractivity contribution is -0.0243. The van der Waals surface area contributed by atoms with E-state index < -0.39 is 0 Å². The van der Waals surface area contributed by atoms with Gasteiger partial charge in [0.05, 0.1) is 12.2 Å². The van der Waals surface area contributed by atoms with Gasteiger partial charge in [-0.25, -0.2) is 0 Å². The molecule has 22 heavy (non-hydrogen) atoms. The quantitative estimate of drug-likeness (QED) is 0.684. The van der Waals surface area contributed by atoms with Gasteiger partial charge < -0.3 is 10.5 Å². The van der Waals surface area contributed by atoms with Gasteiger partial charge in [0, 0.05) is 5.54 Å². The summed E-state index contributed by atoms with van der Waals surface area (Å²) in [6.45, 7) is 18.8. The third-order valence-corrected chi connectivity index (χ3v) is 4.55. The highest BCUT2D eigenvalue weighted by Crippen LogP contribution is 2.42. The summed E-state index contributed by atoms with van der Waals surface area (Å²) in [5, 5.41) is 0. The zero-order chi connectivity index (χ0) is 17.2. The molecule has 0 aromatic heterocycles. The SMILES string of the molecule is CC(C)(N)CC(C)(C)OC/C1=C/CC(C)(C)CC(C)(C)CC1.